The quantitative estimate of drug-likeness (QED) is 0.189. The van der Waals surface area contributed by atoms with Crippen molar-refractivity contribution in [3.63, 3.8) is 0 Å². The maximum atomic E-state index is 11.1. The summed E-state index contributed by atoms with van der Waals surface area (Å²) in [5, 5.41) is 3.51. The molecule has 1 fully saturated rings. The lowest BCUT2D eigenvalue weighted by Gasteiger charge is -2.36. The van der Waals surface area contributed by atoms with Crippen LogP contribution in [0, 0.1) is 5.92 Å². The Morgan fingerprint density at radius 2 is 1.41 bits per heavy atom. The van der Waals surface area contributed by atoms with Gasteiger partial charge >= 0.3 is 0 Å². The molecular formula is C29H58N2O. The highest BCUT2D eigenvalue weighted by Gasteiger charge is 2.23. The number of rotatable bonds is 20. The molecule has 0 saturated heterocycles. The Hall–Kier alpha value is -0.830. The Bertz CT molecular complexity index is 488. The van der Waals surface area contributed by atoms with Crippen LogP contribution in [0.15, 0.2) is 12.3 Å². The van der Waals surface area contributed by atoms with Crippen LogP contribution < -0.4 is 5.32 Å². The number of carbonyl (C=O) groups excluding carboxylic acids is 1. The first-order valence-electron chi connectivity index (χ1n) is 14.1. The third-order valence-corrected chi connectivity index (χ3v) is 7.46. The highest BCUT2D eigenvalue weighted by atomic mass is 16.1. The summed E-state index contributed by atoms with van der Waals surface area (Å²) in [6.45, 7) is 15.4. The smallest absolute Gasteiger partial charge is 0.129 e. The van der Waals surface area contributed by atoms with Crippen molar-refractivity contribution in [3.05, 3.63) is 12.3 Å². The first-order valence-corrected chi connectivity index (χ1v) is 14.1. The van der Waals surface area contributed by atoms with Gasteiger partial charge in [-0.2, -0.15) is 0 Å². The molecule has 3 nitrogen and oxygen atoms in total. The molecule has 0 heterocycles. The summed E-state index contributed by atoms with van der Waals surface area (Å²) < 4.78 is 0. The Balaban J connectivity index is 0.0000102. The number of nitrogens with one attached hydrogen (secondary N) is 1. The molecule has 32 heavy (non-hydrogen) atoms. The Kier molecular flexibility index (Phi) is 17.0. The van der Waals surface area contributed by atoms with Gasteiger partial charge in [-0.15, -0.1) is 0 Å². The van der Waals surface area contributed by atoms with E-state index in [1.807, 2.05) is 0 Å². The van der Waals surface area contributed by atoms with Gasteiger partial charge in [0.05, 0.1) is 0 Å². The van der Waals surface area contributed by atoms with E-state index in [9.17, 15) is 4.79 Å². The van der Waals surface area contributed by atoms with Crippen LogP contribution in [0.5, 0.6) is 0 Å². The summed E-state index contributed by atoms with van der Waals surface area (Å²) in [7, 11) is 0. The molecule has 1 atom stereocenters. The standard InChI is InChI=1S/C29H56N2O.H2/c1-6-26(3)30-27(4)17-13-9-7-11-15-23-31(29-21-19-25(2)20-22-29)24-16-12-8-10-14-18-28(5)32;/h25-26,29-30H,4,6-24H2,1-3,5H3;1H. The molecule has 1 rings (SSSR count). The molecule has 0 amide bonds. The first kappa shape index (κ1) is 29.2. The van der Waals surface area contributed by atoms with Gasteiger partial charge in [-0.25, -0.2) is 0 Å². The van der Waals surface area contributed by atoms with Crippen LogP contribution in [0.2, 0.25) is 0 Å². The number of hydrogen-bond acceptors (Lipinski definition) is 3. The second-order valence-corrected chi connectivity index (χ2v) is 10.7. The topological polar surface area (TPSA) is 32.3 Å². The molecule has 0 radical (unpaired) electrons. The Morgan fingerprint density at radius 1 is 0.906 bits per heavy atom. The van der Waals surface area contributed by atoms with Gasteiger partial charge in [-0.3, -0.25) is 0 Å². The molecule has 1 aliphatic rings. The number of ketones is 1. The molecule has 1 N–H and O–H groups in total. The van der Waals surface area contributed by atoms with Gasteiger partial charge in [0.1, 0.15) is 5.78 Å². The molecule has 1 aliphatic carbocycles. The van der Waals surface area contributed by atoms with E-state index >= 15 is 0 Å². The highest BCUT2D eigenvalue weighted by molar-refractivity contribution is 5.75. The van der Waals surface area contributed by atoms with E-state index in [0.29, 0.717) is 11.8 Å². The highest BCUT2D eigenvalue weighted by Crippen LogP contribution is 2.28. The normalized spacial score (nSPS) is 19.8. The monoisotopic (exact) mass is 450 g/mol. The molecule has 0 aliphatic heterocycles. The molecule has 0 bridgehead atoms. The maximum Gasteiger partial charge on any atom is 0.129 e. The molecule has 0 aromatic carbocycles. The van der Waals surface area contributed by atoms with Gasteiger partial charge in [-0.05, 0) is 97.1 Å². The minimum Gasteiger partial charge on any atom is -0.386 e. The summed E-state index contributed by atoms with van der Waals surface area (Å²) in [5.74, 6) is 1.27. The minimum absolute atomic E-state index is 0. The van der Waals surface area contributed by atoms with Crippen LogP contribution in [-0.4, -0.2) is 35.9 Å². The van der Waals surface area contributed by atoms with Crippen LogP contribution in [0.1, 0.15) is 138 Å². The molecule has 1 saturated carbocycles. The van der Waals surface area contributed by atoms with Crippen molar-refractivity contribution in [1.82, 2.24) is 10.2 Å². The van der Waals surface area contributed by atoms with Gasteiger partial charge in [-0.1, -0.05) is 59.0 Å². The van der Waals surface area contributed by atoms with Crippen molar-refractivity contribution in [2.24, 2.45) is 5.92 Å². The fourth-order valence-corrected chi connectivity index (χ4v) is 5.01. The zero-order valence-corrected chi connectivity index (χ0v) is 22.2. The van der Waals surface area contributed by atoms with Crippen LogP contribution >= 0.6 is 0 Å². The van der Waals surface area contributed by atoms with E-state index in [-0.39, 0.29) is 1.43 Å². The van der Waals surface area contributed by atoms with Crippen molar-refractivity contribution < 1.29 is 6.22 Å². The zero-order chi connectivity index (χ0) is 23.6. The molecule has 0 aromatic rings. The van der Waals surface area contributed by atoms with Crippen LogP contribution in [0.25, 0.3) is 0 Å². The SMILES string of the molecule is C=C(CCCCCCCN(CCCCCCCC(C)=O)C1CCC(C)CC1)NC(C)CC.[HH]. The van der Waals surface area contributed by atoms with Crippen molar-refractivity contribution in [3.8, 4) is 0 Å². The maximum absolute atomic E-state index is 11.1. The second-order valence-electron chi connectivity index (χ2n) is 10.7. The molecule has 190 valence electrons. The fraction of sp³-hybridized carbons (Fsp3) is 0.897. The van der Waals surface area contributed by atoms with Crippen molar-refractivity contribution in [2.75, 3.05) is 13.1 Å². The van der Waals surface area contributed by atoms with Crippen molar-refractivity contribution in [1.29, 1.82) is 0 Å². The van der Waals surface area contributed by atoms with E-state index < -0.39 is 0 Å². The molecule has 3 heteroatoms. The van der Waals surface area contributed by atoms with Gasteiger partial charge < -0.3 is 15.0 Å². The molecule has 0 aromatic heterocycles. The average Bonchev–Trinajstić information content (AvgIpc) is 2.76. The number of hydrogen-bond donors (Lipinski definition) is 1. The van der Waals surface area contributed by atoms with E-state index in [0.717, 1.165) is 37.6 Å². The third-order valence-electron chi connectivity index (χ3n) is 7.46. The zero-order valence-electron chi connectivity index (χ0n) is 22.2. The Labute approximate surface area is 202 Å². The van der Waals surface area contributed by atoms with Crippen molar-refractivity contribution >= 4 is 5.78 Å². The predicted molar refractivity (Wildman–Crippen MR) is 143 cm³/mol. The third kappa shape index (κ3) is 15.1. The second kappa shape index (κ2) is 18.6. The van der Waals surface area contributed by atoms with Gasteiger partial charge in [0.15, 0.2) is 0 Å². The lowest BCUT2D eigenvalue weighted by atomic mass is 9.86. The van der Waals surface area contributed by atoms with E-state index in [4.69, 9.17) is 0 Å². The average molecular weight is 451 g/mol. The van der Waals surface area contributed by atoms with E-state index in [2.05, 4.69) is 37.6 Å². The summed E-state index contributed by atoms with van der Waals surface area (Å²) in [6, 6.07) is 1.38. The predicted octanol–water partition coefficient (Wildman–Crippen LogP) is 8.29. The number of allylic oxidation sites excluding steroid dienone is 1. The van der Waals surface area contributed by atoms with E-state index in [1.54, 1.807) is 6.92 Å². The molecule has 1 unspecified atom stereocenters. The van der Waals surface area contributed by atoms with Crippen molar-refractivity contribution in [2.45, 2.75) is 149 Å². The largest absolute Gasteiger partial charge is 0.386 e. The lowest BCUT2D eigenvalue weighted by molar-refractivity contribution is -0.117. The summed E-state index contributed by atoms with van der Waals surface area (Å²) in [4.78, 5) is 13.9. The first-order chi connectivity index (χ1) is 15.4. The molecule has 0 spiro atoms. The lowest BCUT2D eigenvalue weighted by Crippen LogP contribution is -2.39. The van der Waals surface area contributed by atoms with Gasteiger partial charge in [0, 0.05) is 25.6 Å². The number of Topliss-reactive ketones (excluding diaryl/α,β-unsaturated/α-hetero) is 1. The number of nitrogens with zero attached hydrogens (tertiary/aromatic N) is 1. The Morgan fingerprint density at radius 3 is 1.94 bits per heavy atom. The van der Waals surface area contributed by atoms with Crippen LogP contribution in [0.4, 0.5) is 0 Å². The number of unbranched alkanes of at least 4 members (excludes halogenated alkanes) is 8. The molecular weight excluding hydrogens is 392 g/mol. The fourth-order valence-electron chi connectivity index (χ4n) is 5.01. The number of carbonyl (C=O) groups is 1. The minimum atomic E-state index is 0. The van der Waals surface area contributed by atoms with Gasteiger partial charge in [0.2, 0.25) is 0 Å². The summed E-state index contributed by atoms with van der Waals surface area (Å²) >= 11 is 0. The van der Waals surface area contributed by atoms with Crippen LogP contribution in [-0.2, 0) is 4.79 Å². The summed E-state index contributed by atoms with van der Waals surface area (Å²) in [6.07, 6.45) is 21.7. The van der Waals surface area contributed by atoms with Gasteiger partial charge in [0.25, 0.3) is 0 Å². The van der Waals surface area contributed by atoms with E-state index in [1.165, 1.54) is 102 Å². The summed E-state index contributed by atoms with van der Waals surface area (Å²) in [5.41, 5.74) is 1.22. The van der Waals surface area contributed by atoms with Crippen LogP contribution in [0.3, 0.4) is 0 Å².